The molecule has 0 heterocycles. The SMILES string of the molecule is C/C=C/CSC/C=C/C(=C/C(NCC)=C(\C)CC(O)NCCNC)C(=O)N/C=C/C. The molecule has 170 valence electrons. The Balaban J connectivity index is 5.47. The van der Waals surface area contributed by atoms with Crippen molar-refractivity contribution in [3.05, 3.63) is 59.5 Å². The molecule has 7 heteroatoms. The summed E-state index contributed by atoms with van der Waals surface area (Å²) in [6.45, 7) is 10.0. The average Bonchev–Trinajstić information content (AvgIpc) is 2.72. The first-order valence-electron chi connectivity index (χ1n) is 10.5. The minimum absolute atomic E-state index is 0.168. The fourth-order valence-corrected chi connectivity index (χ4v) is 3.11. The van der Waals surface area contributed by atoms with Gasteiger partial charge >= 0.3 is 0 Å². The lowest BCUT2D eigenvalue weighted by Crippen LogP contribution is -2.34. The van der Waals surface area contributed by atoms with Crippen molar-refractivity contribution in [2.45, 2.75) is 40.3 Å². The third-order valence-electron chi connectivity index (χ3n) is 3.99. The zero-order chi connectivity index (χ0) is 22.6. The van der Waals surface area contributed by atoms with E-state index in [-0.39, 0.29) is 5.91 Å². The summed E-state index contributed by atoms with van der Waals surface area (Å²) in [5, 5.41) is 22.4. The van der Waals surface area contributed by atoms with Crippen molar-refractivity contribution in [2.24, 2.45) is 0 Å². The Labute approximate surface area is 187 Å². The van der Waals surface area contributed by atoms with Crippen LogP contribution >= 0.6 is 11.8 Å². The van der Waals surface area contributed by atoms with Gasteiger partial charge in [-0.05, 0) is 52.6 Å². The van der Waals surface area contributed by atoms with Crippen molar-refractivity contribution < 1.29 is 9.90 Å². The summed E-state index contributed by atoms with van der Waals surface area (Å²) in [6, 6.07) is 0. The third-order valence-corrected chi connectivity index (χ3v) is 4.84. The Morgan fingerprint density at radius 1 is 1.13 bits per heavy atom. The van der Waals surface area contributed by atoms with Gasteiger partial charge in [0.2, 0.25) is 0 Å². The number of amides is 1. The number of rotatable bonds is 16. The lowest BCUT2D eigenvalue weighted by Gasteiger charge is -2.16. The second kappa shape index (κ2) is 19.2. The van der Waals surface area contributed by atoms with Crippen molar-refractivity contribution in [1.29, 1.82) is 0 Å². The van der Waals surface area contributed by atoms with E-state index < -0.39 is 6.23 Å². The molecule has 1 atom stereocenters. The van der Waals surface area contributed by atoms with Crippen LogP contribution in [0.3, 0.4) is 0 Å². The minimum atomic E-state index is -0.640. The molecule has 1 amide bonds. The van der Waals surface area contributed by atoms with E-state index in [1.165, 1.54) is 0 Å². The van der Waals surface area contributed by atoms with Gasteiger partial charge in [0.15, 0.2) is 0 Å². The van der Waals surface area contributed by atoms with E-state index in [1.54, 1.807) is 24.0 Å². The molecule has 0 radical (unpaired) electrons. The number of nitrogens with one attached hydrogen (secondary N) is 4. The molecular formula is C23H40N4O2S. The molecule has 0 aromatic heterocycles. The summed E-state index contributed by atoms with van der Waals surface area (Å²) in [4.78, 5) is 12.6. The Bertz CT molecular complexity index is 625. The monoisotopic (exact) mass is 436 g/mol. The largest absolute Gasteiger partial charge is 0.385 e. The van der Waals surface area contributed by atoms with Gasteiger partial charge < -0.3 is 21.1 Å². The topological polar surface area (TPSA) is 85.4 Å². The van der Waals surface area contributed by atoms with Crippen molar-refractivity contribution >= 4 is 17.7 Å². The smallest absolute Gasteiger partial charge is 0.255 e. The predicted octanol–water partition coefficient (Wildman–Crippen LogP) is 2.83. The fraction of sp³-hybridized carbons (Fsp3) is 0.522. The molecule has 6 nitrogen and oxygen atoms in total. The summed E-state index contributed by atoms with van der Waals surface area (Å²) >= 11 is 1.78. The molecule has 0 saturated heterocycles. The highest BCUT2D eigenvalue weighted by atomic mass is 32.2. The highest BCUT2D eigenvalue weighted by Crippen LogP contribution is 2.13. The number of allylic oxidation sites excluding steroid dienone is 3. The van der Waals surface area contributed by atoms with Gasteiger partial charge in [-0.3, -0.25) is 10.1 Å². The average molecular weight is 437 g/mol. The van der Waals surface area contributed by atoms with Gasteiger partial charge in [0.05, 0.1) is 0 Å². The Hall–Kier alpha value is -1.80. The van der Waals surface area contributed by atoms with E-state index in [2.05, 4.69) is 27.3 Å². The van der Waals surface area contributed by atoms with Crippen LogP contribution in [0.25, 0.3) is 0 Å². The summed E-state index contributed by atoms with van der Waals surface area (Å²) in [6.07, 6.45) is 13.1. The molecule has 0 aromatic rings. The molecule has 0 aliphatic heterocycles. The number of aliphatic hydroxyl groups excluding tert-OH is 1. The molecule has 0 aromatic carbocycles. The van der Waals surface area contributed by atoms with Crippen LogP contribution in [0.2, 0.25) is 0 Å². The lowest BCUT2D eigenvalue weighted by atomic mass is 10.1. The fourth-order valence-electron chi connectivity index (χ4n) is 2.41. The molecule has 0 fully saturated rings. The zero-order valence-electron chi connectivity index (χ0n) is 19.1. The van der Waals surface area contributed by atoms with Crippen LogP contribution in [0, 0.1) is 0 Å². The maximum Gasteiger partial charge on any atom is 0.255 e. The maximum absolute atomic E-state index is 12.6. The molecule has 30 heavy (non-hydrogen) atoms. The zero-order valence-corrected chi connectivity index (χ0v) is 19.9. The van der Waals surface area contributed by atoms with Crippen LogP contribution in [0.15, 0.2) is 59.5 Å². The van der Waals surface area contributed by atoms with Crippen LogP contribution in [0.4, 0.5) is 0 Å². The van der Waals surface area contributed by atoms with Crippen LogP contribution in [-0.2, 0) is 4.79 Å². The molecule has 1 unspecified atom stereocenters. The van der Waals surface area contributed by atoms with Crippen LogP contribution in [0.1, 0.15) is 34.1 Å². The Morgan fingerprint density at radius 3 is 2.50 bits per heavy atom. The second-order valence-corrected chi connectivity index (χ2v) is 7.66. The quantitative estimate of drug-likeness (QED) is 0.0841. The first-order chi connectivity index (χ1) is 14.5. The van der Waals surface area contributed by atoms with Gasteiger partial charge in [-0.1, -0.05) is 30.4 Å². The molecule has 5 N–H and O–H groups in total. The van der Waals surface area contributed by atoms with Gasteiger partial charge in [-0.2, -0.15) is 11.8 Å². The molecule has 0 aliphatic rings. The van der Waals surface area contributed by atoms with Crippen molar-refractivity contribution in [3.63, 3.8) is 0 Å². The summed E-state index contributed by atoms with van der Waals surface area (Å²) < 4.78 is 0. The van der Waals surface area contributed by atoms with Crippen LogP contribution in [0.5, 0.6) is 0 Å². The Morgan fingerprint density at radius 2 is 1.87 bits per heavy atom. The minimum Gasteiger partial charge on any atom is -0.385 e. The maximum atomic E-state index is 12.6. The number of carbonyl (C=O) groups is 1. The van der Waals surface area contributed by atoms with Gasteiger partial charge in [-0.25, -0.2) is 0 Å². The van der Waals surface area contributed by atoms with Gasteiger partial charge in [-0.15, -0.1) is 0 Å². The van der Waals surface area contributed by atoms with E-state index >= 15 is 0 Å². The molecular weight excluding hydrogens is 396 g/mol. The van der Waals surface area contributed by atoms with E-state index in [4.69, 9.17) is 0 Å². The van der Waals surface area contributed by atoms with E-state index in [9.17, 15) is 9.90 Å². The molecule has 0 spiro atoms. The predicted molar refractivity (Wildman–Crippen MR) is 131 cm³/mol. The van der Waals surface area contributed by atoms with Gasteiger partial charge in [0.1, 0.15) is 6.23 Å². The van der Waals surface area contributed by atoms with Gasteiger partial charge in [0.25, 0.3) is 5.91 Å². The highest BCUT2D eigenvalue weighted by molar-refractivity contribution is 7.99. The molecule has 0 aliphatic carbocycles. The number of hydrogen-bond acceptors (Lipinski definition) is 6. The first kappa shape index (κ1) is 28.2. The summed E-state index contributed by atoms with van der Waals surface area (Å²) in [7, 11) is 1.88. The summed E-state index contributed by atoms with van der Waals surface area (Å²) in [5.41, 5.74) is 2.39. The van der Waals surface area contributed by atoms with Crippen molar-refractivity contribution in [3.8, 4) is 0 Å². The number of aliphatic hydroxyl groups is 1. The molecule has 0 rings (SSSR count). The number of hydrogen-bond donors (Lipinski definition) is 5. The van der Waals surface area contributed by atoms with E-state index in [0.29, 0.717) is 18.5 Å². The van der Waals surface area contributed by atoms with E-state index in [0.717, 1.165) is 35.9 Å². The number of likely N-dealkylation sites (N-methyl/N-ethyl adjacent to an activating group) is 2. The van der Waals surface area contributed by atoms with Crippen LogP contribution < -0.4 is 21.3 Å². The third kappa shape index (κ3) is 14.2. The molecule has 0 bridgehead atoms. The summed E-state index contributed by atoms with van der Waals surface area (Å²) in [5.74, 6) is 1.61. The normalized spacial score (nSPS) is 14.5. The van der Waals surface area contributed by atoms with Crippen molar-refractivity contribution in [2.75, 3.05) is 38.2 Å². The first-order valence-corrected chi connectivity index (χ1v) is 11.6. The van der Waals surface area contributed by atoms with E-state index in [1.807, 2.05) is 59.0 Å². The molecule has 0 saturated carbocycles. The lowest BCUT2D eigenvalue weighted by molar-refractivity contribution is -0.116. The standard InChI is InChI=1S/C23H40N4O2S/c1-6-9-15-30-16-10-11-20(23(29)27-12-7-2)18-21(25-8-3)19(4)17-22(28)26-14-13-24-5/h6-7,9-12,18,22,24-26,28H,8,13-17H2,1-5H3,(H,27,29)/b9-6+,11-10+,12-7+,20-18-,21-19-. The number of thioether (sulfide) groups is 1. The highest BCUT2D eigenvalue weighted by Gasteiger charge is 2.10. The van der Waals surface area contributed by atoms with Gasteiger partial charge in [0, 0.05) is 48.8 Å². The van der Waals surface area contributed by atoms with Crippen molar-refractivity contribution in [1.82, 2.24) is 21.3 Å². The van der Waals surface area contributed by atoms with Crippen LogP contribution in [-0.4, -0.2) is 55.4 Å². The Kier molecular flexibility index (Phi) is 18.0. The number of carbonyl (C=O) groups excluding carboxylic acids is 1. The second-order valence-electron chi connectivity index (χ2n) is 6.58.